The lowest BCUT2D eigenvalue weighted by atomic mass is 10.2. The van der Waals surface area contributed by atoms with E-state index in [0.29, 0.717) is 0 Å². The lowest BCUT2D eigenvalue weighted by molar-refractivity contribution is 0.266. The average Bonchev–Trinajstić information content (AvgIpc) is 3.16. The van der Waals surface area contributed by atoms with Gasteiger partial charge in [0.1, 0.15) is 18.0 Å². The maximum absolute atomic E-state index is 9.48. The second-order valence-corrected chi connectivity index (χ2v) is 7.15. The second-order valence-electron chi connectivity index (χ2n) is 5.77. The van der Waals surface area contributed by atoms with E-state index in [1.54, 1.807) is 6.33 Å². The highest BCUT2D eigenvalue weighted by molar-refractivity contribution is 7.11. The van der Waals surface area contributed by atoms with Crippen molar-refractivity contribution in [2.24, 2.45) is 0 Å². The highest BCUT2D eigenvalue weighted by atomic mass is 32.1. The number of aromatic nitrogens is 2. The van der Waals surface area contributed by atoms with Crippen LogP contribution in [0.4, 0.5) is 11.6 Å². The van der Waals surface area contributed by atoms with Gasteiger partial charge in [-0.1, -0.05) is 0 Å². The van der Waals surface area contributed by atoms with E-state index in [1.807, 2.05) is 17.4 Å². The standard InChI is InChI=1S/C16H22N4OS/c1-12-5-6-14(22-12)9-19(2)15-8-16(18-11-17-15)20-7-3-4-13(20)10-21/h5-6,8,11,13,21H,3-4,7,9-10H2,1-2H3. The Morgan fingerprint density at radius 3 is 3.00 bits per heavy atom. The molecule has 0 saturated carbocycles. The van der Waals surface area contributed by atoms with Crippen LogP contribution in [0.2, 0.25) is 0 Å². The zero-order valence-electron chi connectivity index (χ0n) is 13.1. The molecule has 22 heavy (non-hydrogen) atoms. The Morgan fingerprint density at radius 2 is 2.27 bits per heavy atom. The highest BCUT2D eigenvalue weighted by Crippen LogP contribution is 2.26. The maximum atomic E-state index is 9.48. The molecule has 2 aromatic heterocycles. The minimum absolute atomic E-state index is 0.184. The fraction of sp³-hybridized carbons (Fsp3) is 0.500. The van der Waals surface area contributed by atoms with E-state index >= 15 is 0 Å². The predicted molar refractivity (Wildman–Crippen MR) is 90.6 cm³/mol. The quantitative estimate of drug-likeness (QED) is 0.918. The number of nitrogens with zero attached hydrogens (tertiary/aromatic N) is 4. The van der Waals surface area contributed by atoms with Crippen LogP contribution < -0.4 is 9.80 Å². The molecule has 0 radical (unpaired) electrons. The summed E-state index contributed by atoms with van der Waals surface area (Å²) in [4.78, 5) is 15.8. The van der Waals surface area contributed by atoms with Crippen molar-refractivity contribution >= 4 is 23.0 Å². The number of hydrogen-bond acceptors (Lipinski definition) is 6. The summed E-state index contributed by atoms with van der Waals surface area (Å²) >= 11 is 1.82. The van der Waals surface area contributed by atoms with Crippen LogP contribution in [0.5, 0.6) is 0 Å². The molecule has 0 amide bonds. The zero-order chi connectivity index (χ0) is 15.5. The molecular weight excluding hydrogens is 296 g/mol. The van der Waals surface area contributed by atoms with Gasteiger partial charge in [-0.2, -0.15) is 0 Å². The Kier molecular flexibility index (Phi) is 4.59. The third-order valence-corrected chi connectivity index (χ3v) is 5.09. The molecule has 0 aliphatic carbocycles. The van der Waals surface area contributed by atoms with Gasteiger partial charge < -0.3 is 14.9 Å². The number of aryl methyl sites for hydroxylation is 1. The Hall–Kier alpha value is -1.66. The van der Waals surface area contributed by atoms with Crippen LogP contribution in [0.3, 0.4) is 0 Å². The van der Waals surface area contributed by atoms with E-state index in [-0.39, 0.29) is 12.6 Å². The van der Waals surface area contributed by atoms with Gasteiger partial charge in [-0.3, -0.25) is 0 Å². The third kappa shape index (κ3) is 3.23. The molecule has 1 aliphatic rings. The molecule has 1 saturated heterocycles. The summed E-state index contributed by atoms with van der Waals surface area (Å²) in [5, 5.41) is 9.48. The third-order valence-electron chi connectivity index (χ3n) is 4.10. The topological polar surface area (TPSA) is 52.5 Å². The summed E-state index contributed by atoms with van der Waals surface area (Å²) in [7, 11) is 2.05. The van der Waals surface area contributed by atoms with Crippen molar-refractivity contribution in [3.8, 4) is 0 Å². The van der Waals surface area contributed by atoms with E-state index in [9.17, 15) is 5.11 Å². The second kappa shape index (κ2) is 6.62. The lowest BCUT2D eigenvalue weighted by Crippen LogP contribution is -2.33. The van der Waals surface area contributed by atoms with Crippen molar-refractivity contribution in [3.05, 3.63) is 34.3 Å². The fourth-order valence-electron chi connectivity index (χ4n) is 2.91. The van der Waals surface area contributed by atoms with Crippen molar-refractivity contribution in [1.82, 2.24) is 9.97 Å². The summed E-state index contributed by atoms with van der Waals surface area (Å²) in [5.41, 5.74) is 0. The van der Waals surface area contributed by atoms with E-state index in [4.69, 9.17) is 0 Å². The number of rotatable bonds is 5. The minimum Gasteiger partial charge on any atom is -0.394 e. The van der Waals surface area contributed by atoms with Gasteiger partial charge in [-0.05, 0) is 31.9 Å². The molecule has 118 valence electrons. The molecule has 0 aromatic carbocycles. The molecule has 5 nitrogen and oxygen atoms in total. The molecule has 3 rings (SSSR count). The predicted octanol–water partition coefficient (Wildman–Crippen LogP) is 2.44. The number of thiophene rings is 1. The SMILES string of the molecule is Cc1ccc(CN(C)c2cc(N3CCCC3CO)ncn2)s1. The van der Waals surface area contributed by atoms with Crippen molar-refractivity contribution in [2.45, 2.75) is 32.4 Å². The van der Waals surface area contributed by atoms with Crippen LogP contribution >= 0.6 is 11.3 Å². The van der Waals surface area contributed by atoms with Crippen LogP contribution in [0.25, 0.3) is 0 Å². The van der Waals surface area contributed by atoms with Gasteiger partial charge in [-0.25, -0.2) is 9.97 Å². The van der Waals surface area contributed by atoms with Gasteiger partial charge in [-0.15, -0.1) is 11.3 Å². The van der Waals surface area contributed by atoms with Crippen molar-refractivity contribution in [1.29, 1.82) is 0 Å². The largest absolute Gasteiger partial charge is 0.394 e. The van der Waals surface area contributed by atoms with Gasteiger partial charge in [0.05, 0.1) is 19.2 Å². The first-order valence-corrected chi connectivity index (χ1v) is 8.45. The zero-order valence-corrected chi connectivity index (χ0v) is 13.9. The molecule has 6 heteroatoms. The fourth-order valence-corrected chi connectivity index (χ4v) is 3.86. The Bertz CT molecular complexity index is 630. The van der Waals surface area contributed by atoms with Crippen molar-refractivity contribution < 1.29 is 5.11 Å². The number of aliphatic hydroxyl groups excluding tert-OH is 1. The van der Waals surface area contributed by atoms with Crippen LogP contribution in [-0.4, -0.2) is 41.3 Å². The first kappa shape index (κ1) is 15.2. The number of aliphatic hydroxyl groups is 1. The monoisotopic (exact) mass is 318 g/mol. The van der Waals surface area contributed by atoms with E-state index in [2.05, 4.69) is 45.9 Å². The number of hydrogen-bond donors (Lipinski definition) is 1. The molecule has 3 heterocycles. The Balaban J connectivity index is 1.75. The van der Waals surface area contributed by atoms with Crippen LogP contribution in [0.15, 0.2) is 24.5 Å². The van der Waals surface area contributed by atoms with E-state index < -0.39 is 0 Å². The van der Waals surface area contributed by atoms with E-state index in [1.165, 1.54) is 9.75 Å². The normalized spacial score (nSPS) is 18.0. The minimum atomic E-state index is 0.184. The average molecular weight is 318 g/mol. The van der Waals surface area contributed by atoms with E-state index in [0.717, 1.165) is 37.6 Å². The molecule has 1 unspecified atom stereocenters. The van der Waals surface area contributed by atoms with Gasteiger partial charge in [0.15, 0.2) is 0 Å². The van der Waals surface area contributed by atoms with Crippen LogP contribution in [0, 0.1) is 6.92 Å². The molecule has 1 N–H and O–H groups in total. The smallest absolute Gasteiger partial charge is 0.134 e. The van der Waals surface area contributed by atoms with Gasteiger partial charge in [0.2, 0.25) is 0 Å². The number of anilines is 2. The molecular formula is C16H22N4OS. The summed E-state index contributed by atoms with van der Waals surface area (Å²) in [6.07, 6.45) is 3.75. The Morgan fingerprint density at radius 1 is 1.41 bits per heavy atom. The first-order chi connectivity index (χ1) is 10.7. The van der Waals surface area contributed by atoms with Gasteiger partial charge in [0.25, 0.3) is 0 Å². The summed E-state index contributed by atoms with van der Waals surface area (Å²) < 4.78 is 0. The lowest BCUT2D eigenvalue weighted by Gasteiger charge is -2.25. The summed E-state index contributed by atoms with van der Waals surface area (Å²) in [6.45, 7) is 4.11. The molecule has 1 aliphatic heterocycles. The van der Waals surface area contributed by atoms with Gasteiger partial charge in [0, 0.05) is 29.4 Å². The molecule has 2 aromatic rings. The molecule has 0 bridgehead atoms. The van der Waals surface area contributed by atoms with Crippen molar-refractivity contribution in [3.63, 3.8) is 0 Å². The summed E-state index contributed by atoms with van der Waals surface area (Å²) in [6, 6.07) is 6.53. The summed E-state index contributed by atoms with van der Waals surface area (Å²) in [5.74, 6) is 1.83. The maximum Gasteiger partial charge on any atom is 0.134 e. The molecule has 0 spiro atoms. The first-order valence-electron chi connectivity index (χ1n) is 7.63. The Labute approximate surface area is 135 Å². The van der Waals surface area contributed by atoms with Gasteiger partial charge >= 0.3 is 0 Å². The molecule has 1 fully saturated rings. The van der Waals surface area contributed by atoms with Crippen LogP contribution in [0.1, 0.15) is 22.6 Å². The van der Waals surface area contributed by atoms with Crippen molar-refractivity contribution in [2.75, 3.05) is 30.0 Å². The van der Waals surface area contributed by atoms with Crippen LogP contribution in [-0.2, 0) is 6.54 Å². The highest BCUT2D eigenvalue weighted by Gasteiger charge is 2.25. The molecule has 1 atom stereocenters.